The van der Waals surface area contributed by atoms with Crippen LogP contribution in [0.15, 0.2) is 48.5 Å². The van der Waals surface area contributed by atoms with Gasteiger partial charge in [-0.25, -0.2) is 0 Å². The van der Waals surface area contributed by atoms with E-state index in [1.165, 1.54) is 103 Å². The van der Waals surface area contributed by atoms with Gasteiger partial charge in [0.25, 0.3) is 0 Å². The topological polar surface area (TPSA) is 8.88 Å². The molecule has 2 aliphatic heterocycles. The number of benzene rings is 2. The number of unbranched alkanes of at least 4 members (excludes halogenated alkanes) is 7. The molecule has 178 valence electrons. The van der Waals surface area contributed by atoms with E-state index in [9.17, 15) is 0 Å². The molecule has 0 saturated heterocycles. The molecule has 2 heterocycles. The maximum atomic E-state index is 2.33. The minimum Gasteiger partial charge on any atom is -1.00 e. The summed E-state index contributed by atoms with van der Waals surface area (Å²) in [5.74, 6) is 0. The van der Waals surface area contributed by atoms with Crippen LogP contribution in [0, 0.1) is 0 Å². The lowest BCUT2D eigenvalue weighted by Crippen LogP contribution is -3.11. The van der Waals surface area contributed by atoms with E-state index < -0.39 is 0 Å². The van der Waals surface area contributed by atoms with E-state index in [1.807, 2.05) is 0 Å². The van der Waals surface area contributed by atoms with Crippen LogP contribution in [-0.4, -0.2) is 26.2 Å². The fraction of sp³-hybridized carbons (Fsp3) is 0.571. The predicted octanol–water partition coefficient (Wildman–Crippen LogP) is -2.60. The van der Waals surface area contributed by atoms with Gasteiger partial charge in [0.15, 0.2) is 0 Å². The largest absolute Gasteiger partial charge is 1.00 e. The zero-order chi connectivity index (χ0) is 20.4. The molecule has 32 heavy (non-hydrogen) atoms. The van der Waals surface area contributed by atoms with Gasteiger partial charge in [0.05, 0.1) is 26.2 Å². The molecular weight excluding hydrogens is 435 g/mol. The van der Waals surface area contributed by atoms with Crippen LogP contribution in [-0.2, 0) is 25.9 Å². The Labute approximate surface area is 208 Å². The molecule has 0 bridgehead atoms. The van der Waals surface area contributed by atoms with Crippen molar-refractivity contribution in [2.24, 2.45) is 0 Å². The van der Waals surface area contributed by atoms with E-state index in [1.54, 1.807) is 32.1 Å². The van der Waals surface area contributed by atoms with Crippen molar-refractivity contribution in [1.29, 1.82) is 0 Å². The number of hydrogen-bond donors (Lipinski definition) is 2. The SMILES string of the molecule is [Cl-].[Cl-].c1ccc2c(c1)CC[NH+](CCCCCCCCCC[NH+]1CCc3ccccc3C1)C2. The molecule has 0 spiro atoms. The first-order valence-corrected chi connectivity index (χ1v) is 12.7. The molecule has 2 N–H and O–H groups in total. The number of rotatable bonds is 11. The van der Waals surface area contributed by atoms with Crippen molar-refractivity contribution >= 4 is 0 Å². The number of fused-ring (bicyclic) bond motifs is 2. The van der Waals surface area contributed by atoms with Gasteiger partial charge in [-0.2, -0.15) is 0 Å². The Morgan fingerprint density at radius 1 is 0.469 bits per heavy atom. The van der Waals surface area contributed by atoms with E-state index >= 15 is 0 Å². The lowest BCUT2D eigenvalue weighted by molar-refractivity contribution is -0.916. The molecule has 2 aromatic rings. The van der Waals surface area contributed by atoms with Gasteiger partial charge in [-0.05, 0) is 36.8 Å². The lowest BCUT2D eigenvalue weighted by atomic mass is 9.99. The van der Waals surface area contributed by atoms with Crippen molar-refractivity contribution in [2.45, 2.75) is 77.3 Å². The van der Waals surface area contributed by atoms with Crippen LogP contribution in [0.5, 0.6) is 0 Å². The Hall–Kier alpha value is -1.06. The van der Waals surface area contributed by atoms with Crippen LogP contribution >= 0.6 is 0 Å². The van der Waals surface area contributed by atoms with Crippen molar-refractivity contribution in [1.82, 2.24) is 0 Å². The van der Waals surface area contributed by atoms with Gasteiger partial charge < -0.3 is 34.6 Å². The molecule has 4 heteroatoms. The smallest absolute Gasteiger partial charge is 0.103 e. The van der Waals surface area contributed by atoms with Gasteiger partial charge in [-0.1, -0.05) is 74.2 Å². The van der Waals surface area contributed by atoms with E-state index in [0.29, 0.717) is 0 Å². The summed E-state index contributed by atoms with van der Waals surface area (Å²) in [5, 5.41) is 0. The molecule has 2 atom stereocenters. The number of nitrogens with one attached hydrogen (secondary N) is 2. The summed E-state index contributed by atoms with van der Waals surface area (Å²) >= 11 is 0. The standard InChI is InChI=1S/C28H40N2.2ClH/c1(3-5-11-19-29-21-17-25-13-7-9-15-27(25)23-29)2-4-6-12-20-30-22-18-26-14-8-10-16-28(26)24-30;;/h7-10,13-16H,1-6,11-12,17-24H2;2*1H. The summed E-state index contributed by atoms with van der Waals surface area (Å²) in [4.78, 5) is 3.60. The summed E-state index contributed by atoms with van der Waals surface area (Å²) in [5.41, 5.74) is 6.37. The lowest BCUT2D eigenvalue weighted by Gasteiger charge is -2.26. The maximum Gasteiger partial charge on any atom is 0.103 e. The molecule has 0 amide bonds. The van der Waals surface area contributed by atoms with Crippen molar-refractivity contribution in [3.63, 3.8) is 0 Å². The third kappa shape index (κ3) is 8.37. The Bertz CT molecular complexity index is 714. The first kappa shape index (κ1) is 27.2. The minimum atomic E-state index is 0. The van der Waals surface area contributed by atoms with Gasteiger partial charge in [-0.3, -0.25) is 0 Å². The zero-order valence-electron chi connectivity index (χ0n) is 19.7. The van der Waals surface area contributed by atoms with Gasteiger partial charge in [0, 0.05) is 24.0 Å². The number of hydrogen-bond acceptors (Lipinski definition) is 0. The highest BCUT2D eigenvalue weighted by Crippen LogP contribution is 2.12. The van der Waals surface area contributed by atoms with Crippen LogP contribution in [0.25, 0.3) is 0 Å². The van der Waals surface area contributed by atoms with Crippen LogP contribution in [0.2, 0.25) is 0 Å². The fourth-order valence-corrected chi connectivity index (χ4v) is 5.52. The molecule has 2 unspecified atom stereocenters. The molecule has 0 aromatic heterocycles. The van der Waals surface area contributed by atoms with Crippen molar-refractivity contribution < 1.29 is 34.6 Å². The molecule has 0 saturated carbocycles. The van der Waals surface area contributed by atoms with Gasteiger partial charge in [-0.15, -0.1) is 0 Å². The molecule has 2 aliphatic rings. The van der Waals surface area contributed by atoms with Crippen LogP contribution in [0.3, 0.4) is 0 Å². The van der Waals surface area contributed by atoms with Crippen LogP contribution in [0.1, 0.15) is 73.6 Å². The van der Waals surface area contributed by atoms with E-state index in [0.717, 1.165) is 0 Å². The fourth-order valence-electron chi connectivity index (χ4n) is 5.52. The normalized spacial score (nSPS) is 19.2. The van der Waals surface area contributed by atoms with Gasteiger partial charge >= 0.3 is 0 Å². The summed E-state index contributed by atoms with van der Waals surface area (Å²) in [7, 11) is 0. The molecule has 4 rings (SSSR count). The predicted molar refractivity (Wildman–Crippen MR) is 126 cm³/mol. The second-order valence-electron chi connectivity index (χ2n) is 9.72. The monoisotopic (exact) mass is 476 g/mol. The highest BCUT2D eigenvalue weighted by molar-refractivity contribution is 5.28. The molecule has 2 aromatic carbocycles. The zero-order valence-corrected chi connectivity index (χ0v) is 21.2. The van der Waals surface area contributed by atoms with E-state index in [2.05, 4.69) is 48.5 Å². The highest BCUT2D eigenvalue weighted by atomic mass is 35.5. The van der Waals surface area contributed by atoms with Crippen molar-refractivity contribution in [3.05, 3.63) is 70.8 Å². The Morgan fingerprint density at radius 2 is 0.812 bits per heavy atom. The summed E-state index contributed by atoms with van der Waals surface area (Å²) in [6.07, 6.45) is 14.0. The molecule has 0 radical (unpaired) electrons. The van der Waals surface area contributed by atoms with Gasteiger partial charge in [0.1, 0.15) is 13.1 Å². The molecule has 0 fully saturated rings. The minimum absolute atomic E-state index is 0. The number of quaternary nitrogens is 2. The summed E-state index contributed by atoms with van der Waals surface area (Å²) < 4.78 is 0. The molecule has 0 aliphatic carbocycles. The third-order valence-corrected chi connectivity index (χ3v) is 7.42. The Balaban J connectivity index is 0.00000181. The third-order valence-electron chi connectivity index (χ3n) is 7.42. The molecule has 2 nitrogen and oxygen atoms in total. The van der Waals surface area contributed by atoms with Crippen molar-refractivity contribution in [3.8, 4) is 0 Å². The van der Waals surface area contributed by atoms with Crippen LogP contribution < -0.4 is 34.6 Å². The van der Waals surface area contributed by atoms with E-state index in [4.69, 9.17) is 0 Å². The second-order valence-corrected chi connectivity index (χ2v) is 9.72. The average molecular weight is 478 g/mol. The Morgan fingerprint density at radius 3 is 1.22 bits per heavy atom. The quantitative estimate of drug-likeness (QED) is 0.329. The summed E-state index contributed by atoms with van der Waals surface area (Å²) in [6, 6.07) is 18.1. The first-order chi connectivity index (χ1) is 14.9. The maximum absolute atomic E-state index is 2.33. The first-order valence-electron chi connectivity index (χ1n) is 12.7. The number of halogens is 2. The van der Waals surface area contributed by atoms with Crippen LogP contribution in [0.4, 0.5) is 0 Å². The second kappa shape index (κ2) is 15.0. The Kier molecular flexibility index (Phi) is 12.7. The summed E-state index contributed by atoms with van der Waals surface area (Å²) in [6.45, 7) is 7.91. The van der Waals surface area contributed by atoms with Gasteiger partial charge in [0.2, 0.25) is 0 Å². The van der Waals surface area contributed by atoms with Crippen molar-refractivity contribution in [2.75, 3.05) is 26.2 Å². The van der Waals surface area contributed by atoms with E-state index in [-0.39, 0.29) is 24.8 Å². The average Bonchev–Trinajstić information content (AvgIpc) is 2.80. The molecular formula is C28H42Cl2N2. The highest BCUT2D eigenvalue weighted by Gasteiger charge is 2.19.